The fraction of sp³-hybridized carbons (Fsp3) is 0.0714. The molecule has 2 rings (SSSR count). The second-order valence-corrected chi connectivity index (χ2v) is 5.25. The van der Waals surface area contributed by atoms with Crippen molar-refractivity contribution in [3.63, 3.8) is 0 Å². The first-order valence-electron chi connectivity index (χ1n) is 5.09. The summed E-state index contributed by atoms with van der Waals surface area (Å²) >= 11 is 6.89. The van der Waals surface area contributed by atoms with E-state index in [1.807, 2.05) is 13.0 Å². The Hall–Kier alpha value is -1.12. The Balaban J connectivity index is 2.14. The molecule has 0 amide bonds. The molecule has 0 aromatic heterocycles. The molecule has 2 aromatic carbocycles. The molecule has 2 aromatic rings. The highest BCUT2D eigenvalue weighted by atomic mass is 32.2. The predicted octanol–water partition coefficient (Wildman–Crippen LogP) is 4.58. The third kappa shape index (κ3) is 2.94. The zero-order valence-electron chi connectivity index (χ0n) is 9.01. The average Bonchev–Trinajstić information content (AvgIpc) is 2.31. The molecule has 80 valence electrons. The van der Waals surface area contributed by atoms with Crippen LogP contribution < -0.4 is 0 Å². The first-order chi connectivity index (χ1) is 7.75. The Labute approximate surface area is 106 Å². The van der Waals surface area contributed by atoms with Crippen molar-refractivity contribution in [3.05, 3.63) is 60.2 Å². The highest BCUT2D eigenvalue weighted by Gasteiger charge is 1.98. The second kappa shape index (κ2) is 5.28. The van der Waals surface area contributed by atoms with Gasteiger partial charge in [-0.2, -0.15) is 0 Å². The minimum absolute atomic E-state index is 0.941. The summed E-state index contributed by atoms with van der Waals surface area (Å²) in [6, 6.07) is 18.7. The van der Waals surface area contributed by atoms with Crippen molar-refractivity contribution in [1.29, 1.82) is 0 Å². The Kier molecular flexibility index (Phi) is 3.75. The van der Waals surface area contributed by atoms with Crippen LogP contribution in [0.2, 0.25) is 0 Å². The van der Waals surface area contributed by atoms with Gasteiger partial charge in [0, 0.05) is 14.7 Å². The molecule has 0 spiro atoms. The Bertz CT molecular complexity index is 472. The molecule has 0 saturated heterocycles. The summed E-state index contributed by atoms with van der Waals surface area (Å²) in [7, 11) is 0. The lowest BCUT2D eigenvalue weighted by Crippen LogP contribution is -1.88. The van der Waals surface area contributed by atoms with E-state index < -0.39 is 0 Å². The van der Waals surface area contributed by atoms with Crippen LogP contribution in [0.25, 0.3) is 0 Å². The lowest BCUT2D eigenvalue weighted by Gasteiger charge is -2.02. The van der Waals surface area contributed by atoms with E-state index in [-0.39, 0.29) is 0 Å². The molecular formula is C14H12S2. The van der Waals surface area contributed by atoms with Crippen LogP contribution in [-0.4, -0.2) is 4.86 Å². The monoisotopic (exact) mass is 244 g/mol. The van der Waals surface area contributed by atoms with Crippen molar-refractivity contribution in [2.75, 3.05) is 0 Å². The van der Waals surface area contributed by atoms with Gasteiger partial charge in [-0.15, -0.1) is 0 Å². The summed E-state index contributed by atoms with van der Waals surface area (Å²) in [6.07, 6.45) is 0. The van der Waals surface area contributed by atoms with E-state index in [1.54, 1.807) is 11.8 Å². The van der Waals surface area contributed by atoms with Crippen LogP contribution in [0.15, 0.2) is 64.4 Å². The van der Waals surface area contributed by atoms with Crippen LogP contribution in [0.3, 0.4) is 0 Å². The highest BCUT2D eigenvalue weighted by Crippen LogP contribution is 2.27. The standard InChI is InChI=1S/C14H12S2/c1-11(15)12-7-9-14(10-8-12)16-13-5-3-2-4-6-13/h2-10H,1H3. The molecule has 0 aliphatic heterocycles. The van der Waals surface area contributed by atoms with Crippen molar-refractivity contribution >= 4 is 28.8 Å². The van der Waals surface area contributed by atoms with Crippen LogP contribution in [0, 0.1) is 0 Å². The van der Waals surface area contributed by atoms with Crippen molar-refractivity contribution < 1.29 is 0 Å². The Morgan fingerprint density at radius 3 is 2.00 bits per heavy atom. The maximum atomic E-state index is 5.13. The molecule has 0 heterocycles. The van der Waals surface area contributed by atoms with Crippen LogP contribution in [0.4, 0.5) is 0 Å². The molecule has 0 fully saturated rings. The number of hydrogen-bond acceptors (Lipinski definition) is 2. The van der Waals surface area contributed by atoms with Gasteiger partial charge in [0.1, 0.15) is 0 Å². The second-order valence-electron chi connectivity index (χ2n) is 3.50. The lowest BCUT2D eigenvalue weighted by molar-refractivity contribution is 1.40. The first-order valence-corrected chi connectivity index (χ1v) is 6.32. The van der Waals surface area contributed by atoms with Gasteiger partial charge in [0.2, 0.25) is 0 Å². The van der Waals surface area contributed by atoms with Gasteiger partial charge in [0.25, 0.3) is 0 Å². The molecule has 0 radical (unpaired) electrons. The van der Waals surface area contributed by atoms with Crippen molar-refractivity contribution in [2.24, 2.45) is 0 Å². The summed E-state index contributed by atoms with van der Waals surface area (Å²) in [6.45, 7) is 1.95. The van der Waals surface area contributed by atoms with E-state index in [0.717, 1.165) is 10.4 Å². The molecule has 16 heavy (non-hydrogen) atoms. The average molecular weight is 244 g/mol. The number of hydrogen-bond donors (Lipinski definition) is 0. The molecule has 0 saturated carbocycles. The summed E-state index contributed by atoms with van der Waals surface area (Å²) < 4.78 is 0. The minimum atomic E-state index is 0.941. The lowest BCUT2D eigenvalue weighted by atomic mass is 10.2. The predicted molar refractivity (Wildman–Crippen MR) is 74.4 cm³/mol. The molecule has 0 bridgehead atoms. The minimum Gasteiger partial charge on any atom is -0.0901 e. The van der Waals surface area contributed by atoms with Gasteiger partial charge in [0.15, 0.2) is 0 Å². The van der Waals surface area contributed by atoms with Crippen LogP contribution in [-0.2, 0) is 0 Å². The molecular weight excluding hydrogens is 232 g/mol. The SMILES string of the molecule is CC(=S)c1ccc(Sc2ccccc2)cc1. The van der Waals surface area contributed by atoms with Gasteiger partial charge in [-0.1, -0.05) is 54.3 Å². The van der Waals surface area contributed by atoms with Crippen LogP contribution >= 0.6 is 24.0 Å². The first kappa shape index (κ1) is 11.4. The van der Waals surface area contributed by atoms with Gasteiger partial charge in [-0.3, -0.25) is 0 Å². The summed E-state index contributed by atoms with van der Waals surface area (Å²) in [5.41, 5.74) is 1.13. The van der Waals surface area contributed by atoms with E-state index in [9.17, 15) is 0 Å². The van der Waals surface area contributed by atoms with E-state index in [0.29, 0.717) is 0 Å². The molecule has 0 N–H and O–H groups in total. The maximum absolute atomic E-state index is 5.13. The number of rotatable bonds is 3. The summed E-state index contributed by atoms with van der Waals surface area (Å²) in [5, 5.41) is 0. The van der Waals surface area contributed by atoms with E-state index in [4.69, 9.17) is 12.2 Å². The van der Waals surface area contributed by atoms with Gasteiger partial charge in [-0.25, -0.2) is 0 Å². The Morgan fingerprint density at radius 2 is 1.44 bits per heavy atom. The zero-order valence-corrected chi connectivity index (χ0v) is 10.6. The van der Waals surface area contributed by atoms with Crippen molar-refractivity contribution in [3.8, 4) is 0 Å². The third-order valence-electron chi connectivity index (χ3n) is 2.24. The highest BCUT2D eigenvalue weighted by molar-refractivity contribution is 7.99. The molecule has 2 heteroatoms. The van der Waals surface area contributed by atoms with Crippen molar-refractivity contribution in [2.45, 2.75) is 16.7 Å². The van der Waals surface area contributed by atoms with E-state index >= 15 is 0 Å². The molecule has 0 unspecified atom stereocenters. The molecule has 0 aliphatic carbocycles. The molecule has 0 nitrogen and oxygen atoms in total. The molecule has 0 atom stereocenters. The smallest absolute Gasteiger partial charge is 0.0193 e. The maximum Gasteiger partial charge on any atom is 0.0193 e. The number of thiocarbonyl (C=S) groups is 1. The molecule has 0 aliphatic rings. The summed E-state index contributed by atoms with van der Waals surface area (Å²) in [4.78, 5) is 3.44. The summed E-state index contributed by atoms with van der Waals surface area (Å²) in [5.74, 6) is 0. The topological polar surface area (TPSA) is 0 Å². The van der Waals surface area contributed by atoms with Crippen molar-refractivity contribution in [1.82, 2.24) is 0 Å². The third-order valence-corrected chi connectivity index (χ3v) is 3.49. The Morgan fingerprint density at radius 1 is 0.875 bits per heavy atom. The van der Waals surface area contributed by atoms with Gasteiger partial charge in [-0.05, 0) is 36.8 Å². The van der Waals surface area contributed by atoms with E-state index in [2.05, 4.69) is 48.5 Å². The largest absolute Gasteiger partial charge is 0.0901 e. The zero-order chi connectivity index (χ0) is 11.4. The quantitative estimate of drug-likeness (QED) is 0.573. The van der Waals surface area contributed by atoms with E-state index in [1.165, 1.54) is 9.79 Å². The van der Waals surface area contributed by atoms with Gasteiger partial charge in [0.05, 0.1) is 0 Å². The van der Waals surface area contributed by atoms with Crippen LogP contribution in [0.5, 0.6) is 0 Å². The van der Waals surface area contributed by atoms with Gasteiger partial charge < -0.3 is 0 Å². The fourth-order valence-electron chi connectivity index (χ4n) is 1.38. The fourth-order valence-corrected chi connectivity index (χ4v) is 2.36. The van der Waals surface area contributed by atoms with Crippen LogP contribution in [0.1, 0.15) is 12.5 Å². The van der Waals surface area contributed by atoms with Gasteiger partial charge >= 0.3 is 0 Å². The normalized spacial score (nSPS) is 10.1. The number of benzene rings is 2.